The first kappa shape index (κ1) is 9.82. The van der Waals surface area contributed by atoms with Crippen LogP contribution in [0.25, 0.3) is 0 Å². The van der Waals surface area contributed by atoms with Crippen molar-refractivity contribution in [3.05, 3.63) is 0 Å². The van der Waals surface area contributed by atoms with E-state index in [0.717, 1.165) is 0 Å². The van der Waals surface area contributed by atoms with E-state index in [1.165, 1.54) is 0 Å². The highest BCUT2D eigenvalue weighted by atomic mass is 32.1. The summed E-state index contributed by atoms with van der Waals surface area (Å²) in [5.41, 5.74) is 4.91. The van der Waals surface area contributed by atoms with Crippen LogP contribution >= 0.6 is 12.2 Å². The average molecular weight is 122 g/mol. The first-order valence-electron chi connectivity index (χ1n) is 1.69. The normalized spacial score (nSPS) is 6.43. The molecule has 44 valence electrons. The maximum atomic E-state index is 4.91. The molecule has 0 aromatic carbocycles. The fraction of sp³-hybridized carbons (Fsp3) is 0.667. The van der Waals surface area contributed by atoms with Crippen molar-refractivity contribution in [1.29, 1.82) is 0 Å². The summed E-state index contributed by atoms with van der Waals surface area (Å²) in [6, 6.07) is 0. The van der Waals surface area contributed by atoms with Crippen molar-refractivity contribution in [2.24, 2.45) is 5.73 Å². The van der Waals surface area contributed by atoms with E-state index in [0.29, 0.717) is 6.61 Å². The Morgan fingerprint density at radius 1 is 1.86 bits per heavy atom. The van der Waals surface area contributed by atoms with E-state index in [-0.39, 0.29) is 11.3 Å². The summed E-state index contributed by atoms with van der Waals surface area (Å²) in [6.07, 6.45) is 0. The molecule has 0 radical (unpaired) electrons. The molecule has 0 aliphatic carbocycles. The zero-order valence-electron chi connectivity index (χ0n) is 4.31. The number of ether oxygens (including phenoxy) is 1. The van der Waals surface area contributed by atoms with E-state index < -0.39 is 0 Å². The minimum absolute atomic E-state index is 0. The summed E-state index contributed by atoms with van der Waals surface area (Å²) < 4.78 is 4.55. The lowest BCUT2D eigenvalue weighted by atomic mass is 10.9. The van der Waals surface area contributed by atoms with E-state index in [2.05, 4.69) is 17.0 Å². The van der Waals surface area contributed by atoms with Gasteiger partial charge < -0.3 is 16.6 Å². The van der Waals surface area contributed by atoms with Gasteiger partial charge in [0.25, 0.3) is 5.17 Å². The smallest absolute Gasteiger partial charge is 0.253 e. The van der Waals surface area contributed by atoms with E-state index in [1.807, 2.05) is 6.92 Å². The maximum Gasteiger partial charge on any atom is 0.253 e. The van der Waals surface area contributed by atoms with Crippen LogP contribution in [-0.2, 0) is 4.74 Å². The Balaban J connectivity index is 0. The van der Waals surface area contributed by atoms with Crippen LogP contribution in [0, 0.1) is 0 Å². The van der Waals surface area contributed by atoms with Crippen LogP contribution in [0.5, 0.6) is 0 Å². The number of nitrogens with two attached hydrogens (primary N) is 1. The molecule has 0 heterocycles. The highest BCUT2D eigenvalue weighted by Crippen LogP contribution is 1.67. The molecule has 0 spiro atoms. The molecule has 0 saturated heterocycles. The number of rotatable bonds is 1. The molecular weight excluding hydrogens is 112 g/mol. The third-order valence-electron chi connectivity index (χ3n) is 0.287. The van der Waals surface area contributed by atoms with E-state index in [1.54, 1.807) is 0 Å². The van der Waals surface area contributed by atoms with Gasteiger partial charge in [0, 0.05) is 0 Å². The molecule has 0 aromatic heterocycles. The zero-order valence-corrected chi connectivity index (χ0v) is 5.12. The topological polar surface area (TPSA) is 70.2 Å². The summed E-state index contributed by atoms with van der Waals surface area (Å²) in [7, 11) is 0. The summed E-state index contributed by atoms with van der Waals surface area (Å²) in [6.45, 7) is 2.40. The van der Waals surface area contributed by atoms with Gasteiger partial charge in [-0.3, -0.25) is 0 Å². The molecule has 0 rings (SSSR count). The molecule has 0 unspecified atom stereocenters. The van der Waals surface area contributed by atoms with Gasteiger partial charge in [0.05, 0.1) is 6.61 Å². The summed E-state index contributed by atoms with van der Waals surface area (Å²) in [5, 5.41) is 0.123. The Morgan fingerprint density at radius 3 is 2.29 bits per heavy atom. The first-order valence-corrected chi connectivity index (χ1v) is 2.10. The molecule has 4 heteroatoms. The SMILES string of the molecule is CCOC(N)=S.N. The van der Waals surface area contributed by atoms with Crippen LogP contribution in [0.15, 0.2) is 0 Å². The lowest BCUT2D eigenvalue weighted by Gasteiger charge is -1.93. The molecular formula is C3H10N2OS. The molecule has 0 atom stereocenters. The number of hydrogen-bond acceptors (Lipinski definition) is 3. The Morgan fingerprint density at radius 2 is 2.29 bits per heavy atom. The Hall–Kier alpha value is -0.350. The Bertz CT molecular complexity index is 56.9. The second-order valence-corrected chi connectivity index (χ2v) is 1.15. The molecule has 0 fully saturated rings. The van der Waals surface area contributed by atoms with Gasteiger partial charge in [0.1, 0.15) is 0 Å². The van der Waals surface area contributed by atoms with Crippen LogP contribution in [0.3, 0.4) is 0 Å². The van der Waals surface area contributed by atoms with Gasteiger partial charge in [0.2, 0.25) is 0 Å². The highest BCUT2D eigenvalue weighted by Gasteiger charge is 1.76. The Kier molecular flexibility index (Phi) is 7.92. The molecule has 0 aliphatic rings. The monoisotopic (exact) mass is 122 g/mol. The zero-order chi connectivity index (χ0) is 4.99. The largest absolute Gasteiger partial charge is 0.472 e. The quantitative estimate of drug-likeness (QED) is 0.495. The van der Waals surface area contributed by atoms with E-state index >= 15 is 0 Å². The predicted octanol–water partition coefficient (Wildman–Crippen LogP) is 0.429. The van der Waals surface area contributed by atoms with Crippen molar-refractivity contribution in [3.63, 3.8) is 0 Å². The van der Waals surface area contributed by atoms with Crippen molar-refractivity contribution < 1.29 is 4.74 Å². The number of hydrogen-bond donors (Lipinski definition) is 2. The highest BCUT2D eigenvalue weighted by molar-refractivity contribution is 7.80. The van der Waals surface area contributed by atoms with Gasteiger partial charge in [0.15, 0.2) is 0 Å². The van der Waals surface area contributed by atoms with Gasteiger partial charge in [-0.25, -0.2) is 0 Å². The van der Waals surface area contributed by atoms with Crippen LogP contribution < -0.4 is 11.9 Å². The van der Waals surface area contributed by atoms with Crippen molar-refractivity contribution >= 4 is 17.4 Å². The van der Waals surface area contributed by atoms with E-state index in [9.17, 15) is 0 Å². The van der Waals surface area contributed by atoms with Crippen LogP contribution in [-0.4, -0.2) is 11.8 Å². The average Bonchev–Trinajstić information content (AvgIpc) is 1.35. The lowest BCUT2D eigenvalue weighted by molar-refractivity contribution is 0.331. The third-order valence-corrected chi connectivity index (χ3v) is 0.404. The number of thiocarbonyl (C=S) groups is 1. The Labute approximate surface area is 48.4 Å². The molecule has 0 bridgehead atoms. The maximum absolute atomic E-state index is 4.91. The van der Waals surface area contributed by atoms with Crippen molar-refractivity contribution in [3.8, 4) is 0 Å². The summed E-state index contributed by atoms with van der Waals surface area (Å²) >= 11 is 4.35. The van der Waals surface area contributed by atoms with Crippen LogP contribution in [0.1, 0.15) is 6.92 Å². The summed E-state index contributed by atoms with van der Waals surface area (Å²) in [5.74, 6) is 0. The first-order chi connectivity index (χ1) is 2.77. The minimum atomic E-state index is 0. The molecule has 5 N–H and O–H groups in total. The van der Waals surface area contributed by atoms with Crippen LogP contribution in [0.4, 0.5) is 0 Å². The molecule has 7 heavy (non-hydrogen) atoms. The second-order valence-electron chi connectivity index (χ2n) is 0.752. The van der Waals surface area contributed by atoms with Crippen molar-refractivity contribution in [2.75, 3.05) is 6.61 Å². The molecule has 0 aliphatic heterocycles. The van der Waals surface area contributed by atoms with Gasteiger partial charge in [-0.2, -0.15) is 0 Å². The third kappa shape index (κ3) is 10.7. The van der Waals surface area contributed by atoms with Crippen LogP contribution in [0.2, 0.25) is 0 Å². The van der Waals surface area contributed by atoms with Gasteiger partial charge in [-0.05, 0) is 19.1 Å². The van der Waals surface area contributed by atoms with Crippen molar-refractivity contribution in [1.82, 2.24) is 6.15 Å². The standard InChI is InChI=1S/C3H7NOS.H3N/c1-2-5-3(4)6;/h2H2,1H3,(H2,4,6);1H3. The molecule has 0 aromatic rings. The lowest BCUT2D eigenvalue weighted by Crippen LogP contribution is -2.11. The summed E-state index contributed by atoms with van der Waals surface area (Å²) in [4.78, 5) is 0. The predicted molar refractivity (Wildman–Crippen MR) is 33.4 cm³/mol. The minimum Gasteiger partial charge on any atom is -0.472 e. The van der Waals surface area contributed by atoms with Gasteiger partial charge in [-0.1, -0.05) is 0 Å². The fourth-order valence-electron chi connectivity index (χ4n) is 0.142. The molecule has 0 saturated carbocycles. The van der Waals surface area contributed by atoms with Gasteiger partial charge in [-0.15, -0.1) is 0 Å². The second kappa shape index (κ2) is 5.65. The van der Waals surface area contributed by atoms with E-state index in [4.69, 9.17) is 5.73 Å². The molecule has 0 amide bonds. The fourth-order valence-corrected chi connectivity index (χ4v) is 0.260. The van der Waals surface area contributed by atoms with Crippen molar-refractivity contribution in [2.45, 2.75) is 6.92 Å². The van der Waals surface area contributed by atoms with Gasteiger partial charge >= 0.3 is 0 Å². The molecule has 3 nitrogen and oxygen atoms in total.